The van der Waals surface area contributed by atoms with Gasteiger partial charge < -0.3 is 71.7 Å². The number of ether oxygens (including phenoxy) is 1. The van der Waals surface area contributed by atoms with Crippen molar-refractivity contribution in [2.75, 3.05) is 91.8 Å². The predicted octanol–water partition coefficient (Wildman–Crippen LogP) is 12.1. The number of imidazole rings is 2. The number of piperidine rings is 6. The van der Waals surface area contributed by atoms with Gasteiger partial charge in [0.25, 0.3) is 0 Å². The van der Waals surface area contributed by atoms with Crippen LogP contribution in [0.4, 0.5) is 0 Å². The van der Waals surface area contributed by atoms with E-state index in [0.29, 0.717) is 125 Å². The summed E-state index contributed by atoms with van der Waals surface area (Å²) >= 11 is 6.06. The molecule has 6 saturated carbocycles. The van der Waals surface area contributed by atoms with Gasteiger partial charge in [-0.1, -0.05) is 74.0 Å². The third-order valence-corrected chi connectivity index (χ3v) is 32.3. The van der Waals surface area contributed by atoms with Gasteiger partial charge in [0, 0.05) is 130 Å². The van der Waals surface area contributed by atoms with E-state index in [1.807, 2.05) is 115 Å². The molecule has 4 amide bonds. The zero-order valence-electron chi connectivity index (χ0n) is 80.6. The molecule has 29 heteroatoms. The number of hydrogen-bond acceptors (Lipinski definition) is 21. The number of halogens is 1. The Hall–Kier alpha value is -11.0. The quantitative estimate of drug-likeness (QED) is 0.0338. The van der Waals surface area contributed by atoms with Crippen LogP contribution in [-0.4, -0.2) is 181 Å². The van der Waals surface area contributed by atoms with E-state index in [1.54, 1.807) is 0 Å². The van der Waals surface area contributed by atoms with Crippen molar-refractivity contribution >= 4 is 102 Å². The number of H-pyrrole nitrogens is 1. The van der Waals surface area contributed by atoms with Crippen molar-refractivity contribution in [2.45, 2.75) is 151 Å². The van der Waals surface area contributed by atoms with Gasteiger partial charge in [0.15, 0.2) is 0 Å². The van der Waals surface area contributed by atoms with Crippen LogP contribution in [0.3, 0.4) is 0 Å². The number of pyridine rings is 4. The maximum Gasteiger partial charge on any atom is 0.224 e. The first kappa shape index (κ1) is 92.7. The van der Waals surface area contributed by atoms with Gasteiger partial charge in [-0.15, -0.1) is 0 Å². The minimum atomic E-state index is -0.563. The molecule has 3 aromatic carbocycles. The number of Topliss-reactive ketones (excluding diaryl/α,β-unsaturated/α-hetero) is 2. The van der Waals surface area contributed by atoms with Gasteiger partial charge in [0.1, 0.15) is 40.4 Å². The molecular formula is C107H130ClN21O7. The summed E-state index contributed by atoms with van der Waals surface area (Å²) in [6.45, 7) is 41.6. The van der Waals surface area contributed by atoms with Crippen LogP contribution < -0.4 is 53.2 Å². The molecule has 9 unspecified atom stereocenters. The number of rotatable bonds is 20. The summed E-state index contributed by atoms with van der Waals surface area (Å²) in [5, 5.41) is 36.9. The van der Waals surface area contributed by atoms with Crippen molar-refractivity contribution < 1.29 is 33.5 Å². The molecule has 0 bridgehead atoms. The van der Waals surface area contributed by atoms with Gasteiger partial charge in [-0.2, -0.15) is 0 Å². The molecule has 25 rings (SSSR count). The number of aromatic nitrogens is 11. The Morgan fingerprint density at radius 2 is 1.04 bits per heavy atom. The van der Waals surface area contributed by atoms with Gasteiger partial charge in [-0.3, -0.25) is 38.7 Å². The number of fused-ring (bicyclic) bond motifs is 12. The van der Waals surface area contributed by atoms with Gasteiger partial charge in [-0.05, 0) is 315 Å². The Balaban J connectivity index is 0.000000101. The summed E-state index contributed by atoms with van der Waals surface area (Å²) in [7, 11) is 0. The molecule has 28 nitrogen and oxygen atoms in total. The largest absolute Gasteiger partial charge is 0.378 e. The van der Waals surface area contributed by atoms with Crippen LogP contribution in [0, 0.1) is 155 Å². The molecule has 12 aromatic rings. The average Bonchev–Trinajstić information content (AvgIpc) is 1.59. The Bertz CT molecular complexity index is 6600. The van der Waals surface area contributed by atoms with Gasteiger partial charge >= 0.3 is 0 Å². The standard InChI is InChI=1S/C19H24N4O.C19H23N3O.C18H23N3O.C18H21N3O.C17H19ClN4O2.C16H20N4O/c1-10-5-6-21-16-12(10)7-11(2)22-17(16)19(3,4)23-18(24)15-13-8-20-9-14(13)15;1-10-5-4-6-13-18(10)21-12(3)22-19(13)11(2)7-16(23)17-14-8-20-9-15(14)17;1-11-4-5-13-6-12(10-21(13)9-11)18(2,3)20-17(22)16-14-7-19-8-15(14)16;1-10(7-16(22)17-13-8-19-9-14(13)17)18-12-5-3-4-6-15(12)20-11(2)21-18;18-9-1-2-12-13(5-9)21-16(20-12)17(3-4-24-8-17)22-15(23)14-10-6-19-7-11(10)14;1-9-4-3-5-20-13(9)8-18-15(20)10(2)19-16(21)14-11-6-17-7-12(11)14/h5-7,13-15,20H,8-9H2,1-4H3,(H,23,24);4-6,11,14-15,17,20H,7-9H2,1-3H3;4-6,9-10,14-16,19H,7-8H2,1-3H3,(H,20,22);3-6,10,13-14,17,19H,7-9H2,1-2H3;1-2,5,10-11,14,19H,3-4,6-8H2,(H,20,21)(H,22,23);3-5,8,10-12,14,17H,6-7H2,1-2H3,(H,19,21)/t13-,14+,15?;11?,14-,15+,17?;14-,15+,16?;10?,13-,14+,17?;10-,11+,14?,17?;10-,11-,12+,14?/m.....1/s1. The lowest BCUT2D eigenvalue weighted by molar-refractivity contribution is -0.126. The number of aromatic amines is 1. The lowest BCUT2D eigenvalue weighted by Crippen LogP contribution is -2.48. The lowest BCUT2D eigenvalue weighted by Gasteiger charge is -2.27. The topological polar surface area (TPSA) is 360 Å². The Labute approximate surface area is 799 Å². The molecule has 7 aliphatic heterocycles. The highest BCUT2D eigenvalue weighted by Gasteiger charge is 2.62. The highest BCUT2D eigenvalue weighted by molar-refractivity contribution is 6.31. The summed E-state index contributed by atoms with van der Waals surface area (Å²) in [5.41, 5.74) is 15.1. The van der Waals surface area contributed by atoms with Crippen LogP contribution >= 0.6 is 11.6 Å². The van der Waals surface area contributed by atoms with E-state index in [1.165, 1.54) is 16.7 Å². The summed E-state index contributed by atoms with van der Waals surface area (Å²) in [4.78, 5) is 116. The number of carbonyl (C=O) groups excluding carboxylic acids is 6. The molecule has 11 N–H and O–H groups in total. The van der Waals surface area contributed by atoms with E-state index in [9.17, 15) is 28.8 Å². The number of carbonyl (C=O) groups is 6. The molecule has 7 saturated heterocycles. The zero-order chi connectivity index (χ0) is 94.8. The van der Waals surface area contributed by atoms with Crippen molar-refractivity contribution in [2.24, 2.45) is 107 Å². The Morgan fingerprint density at radius 1 is 0.500 bits per heavy atom. The van der Waals surface area contributed by atoms with Crippen molar-refractivity contribution in [3.8, 4) is 0 Å². The van der Waals surface area contributed by atoms with Crippen LogP contribution in [0.25, 0.3) is 54.8 Å². The summed E-state index contributed by atoms with van der Waals surface area (Å²) in [6.07, 6.45) is 11.9. The first-order chi connectivity index (χ1) is 65.4. The van der Waals surface area contributed by atoms with E-state index in [4.69, 9.17) is 26.3 Å². The number of benzene rings is 3. The van der Waals surface area contributed by atoms with Gasteiger partial charge in [0.2, 0.25) is 23.6 Å². The molecule has 13 aliphatic rings. The lowest BCUT2D eigenvalue weighted by atomic mass is 9.94. The highest BCUT2D eigenvalue weighted by atomic mass is 35.5. The van der Waals surface area contributed by atoms with Crippen molar-refractivity contribution in [1.29, 1.82) is 0 Å². The number of ketones is 2. The first-order valence-corrected chi connectivity index (χ1v) is 49.8. The maximum absolute atomic E-state index is 12.8. The molecule has 13 fully saturated rings. The number of hydrogen-bond donors (Lipinski definition) is 11. The fourth-order valence-corrected chi connectivity index (χ4v) is 24.3. The molecular weight excluding hydrogens is 1730 g/mol. The van der Waals surface area contributed by atoms with E-state index < -0.39 is 11.1 Å². The maximum atomic E-state index is 12.8. The number of para-hydroxylation sites is 2. The molecule has 136 heavy (non-hydrogen) atoms. The smallest absolute Gasteiger partial charge is 0.224 e. The van der Waals surface area contributed by atoms with Gasteiger partial charge in [-0.25, -0.2) is 29.9 Å². The highest BCUT2D eigenvalue weighted by Crippen LogP contribution is 2.55. The van der Waals surface area contributed by atoms with Crippen LogP contribution in [-0.2, 0) is 50.1 Å². The fraction of sp³-hybridized carbons (Fsp3) is 0.514. The Morgan fingerprint density at radius 3 is 1.62 bits per heavy atom. The summed E-state index contributed by atoms with van der Waals surface area (Å²) < 4.78 is 9.81. The van der Waals surface area contributed by atoms with E-state index in [-0.39, 0.29) is 70.7 Å². The molecule has 712 valence electrons. The number of nitrogens with one attached hydrogen (secondary N) is 11. The van der Waals surface area contributed by atoms with Crippen molar-refractivity contribution in [3.05, 3.63) is 213 Å². The monoisotopic (exact) mass is 1860 g/mol. The molecule has 0 radical (unpaired) electrons. The van der Waals surface area contributed by atoms with E-state index in [2.05, 4.69) is 213 Å². The van der Waals surface area contributed by atoms with Crippen molar-refractivity contribution in [3.63, 3.8) is 0 Å². The predicted molar refractivity (Wildman–Crippen MR) is 526 cm³/mol. The van der Waals surface area contributed by atoms with Crippen LogP contribution in [0.15, 0.2) is 134 Å². The van der Waals surface area contributed by atoms with Crippen LogP contribution in [0.1, 0.15) is 159 Å². The summed E-state index contributed by atoms with van der Waals surface area (Å²) in [5.74, 6) is 13.0. The second kappa shape index (κ2) is 37.1. The minimum Gasteiger partial charge on any atom is -0.378 e. The molecule has 22 atom stereocenters. The first-order valence-electron chi connectivity index (χ1n) is 49.4. The van der Waals surface area contributed by atoms with Crippen LogP contribution in [0.5, 0.6) is 0 Å². The molecule has 0 spiro atoms. The fourth-order valence-electron chi connectivity index (χ4n) is 24.1. The van der Waals surface area contributed by atoms with Gasteiger partial charge in [0.05, 0.1) is 80.1 Å². The van der Waals surface area contributed by atoms with Crippen molar-refractivity contribution in [1.82, 2.24) is 107 Å². The second-order valence-electron chi connectivity index (χ2n) is 42.6. The third-order valence-electron chi connectivity index (χ3n) is 32.1. The van der Waals surface area contributed by atoms with Crippen LogP contribution in [0.2, 0.25) is 5.02 Å². The number of amides is 4. The summed E-state index contributed by atoms with van der Waals surface area (Å²) in [6, 6.07) is 34.3. The minimum absolute atomic E-state index is 0.0731. The SMILES string of the molecule is Cc1cc2c(C)ccnc2c(C(C)(C)NC(=O)C2[C@H]3CNC[C@@H]23)n1.Cc1ccc2cc(C(C)(C)NC(=O)C3[C@H]4CNC[C@@H]34)cn2c1.Cc1cccn2c([C@@H](C)NC(=O)C3[C@H]4CNC[C@@H]34)ncc12.Cc1nc(C(C)CC(=O)C2[C@H]3CNC[C@@H]23)c2cccc(C)c2n1.Cc1nc(C(C)CC(=O)C2[C@H]3CNC[C@@H]23)c2ccccc2n1.O=C(NC1(c2nc3ccc(Cl)cc3[nH]2)CCOC1)C1[C@H]2CNC[C@@H]12. The number of aryl methyl sites for hydroxylation is 7. The average molecular weight is 1860 g/mol. The number of nitrogens with zero attached hydrogens (tertiary/aromatic N) is 10. The zero-order valence-corrected chi connectivity index (χ0v) is 81.3. The molecule has 16 heterocycles. The normalized spacial score (nSPS) is 28.4. The molecule has 9 aromatic heterocycles. The molecule has 6 aliphatic carbocycles. The van der Waals surface area contributed by atoms with E-state index >= 15 is 0 Å². The Kier molecular flexibility index (Phi) is 25.3. The second-order valence-corrected chi connectivity index (χ2v) is 43.0. The third kappa shape index (κ3) is 18.5. The van der Waals surface area contributed by atoms with E-state index in [0.717, 1.165) is 197 Å².